The molecule has 0 bridgehead atoms. The predicted molar refractivity (Wildman–Crippen MR) is 189 cm³/mol. The molecule has 3 amide bonds. The van der Waals surface area contributed by atoms with E-state index < -0.39 is 40.0 Å². The van der Waals surface area contributed by atoms with Gasteiger partial charge in [-0.15, -0.1) is 11.3 Å². The van der Waals surface area contributed by atoms with Crippen LogP contribution >= 0.6 is 11.3 Å². The number of thiazole rings is 1. The highest BCUT2D eigenvalue weighted by Crippen LogP contribution is 2.11. The van der Waals surface area contributed by atoms with Gasteiger partial charge in [0.25, 0.3) is 0 Å². The fourth-order valence-electron chi connectivity index (χ4n) is 4.76. The highest BCUT2D eigenvalue weighted by molar-refractivity contribution is 7.88. The van der Waals surface area contributed by atoms with E-state index in [1.165, 1.54) is 11.3 Å². The zero-order valence-electron chi connectivity index (χ0n) is 27.1. The molecule has 49 heavy (non-hydrogen) atoms. The molecule has 4 aromatic rings. The minimum absolute atomic E-state index is 0.0115. The number of unbranched alkanes of at least 4 members (excludes halogenated alkanes) is 1. The molecule has 1 heterocycles. The molecule has 0 spiro atoms. The average Bonchev–Trinajstić information content (AvgIpc) is 3.61. The number of benzene rings is 3. The lowest BCUT2D eigenvalue weighted by Crippen LogP contribution is -2.54. The van der Waals surface area contributed by atoms with Crippen LogP contribution in [-0.2, 0) is 49.7 Å². The number of rotatable bonds is 17. The number of aliphatic imine (C=N–C) groups is 1. The molecular weight excluding hydrogens is 665 g/mol. The quantitative estimate of drug-likeness (QED) is 0.0932. The molecule has 2 atom stereocenters. The summed E-state index contributed by atoms with van der Waals surface area (Å²) in [6.45, 7) is 2.20. The lowest BCUT2D eigenvalue weighted by atomic mass is 10.1. The van der Waals surface area contributed by atoms with Gasteiger partial charge in [-0.25, -0.2) is 22.9 Å². The highest BCUT2D eigenvalue weighted by Gasteiger charge is 2.29. The summed E-state index contributed by atoms with van der Waals surface area (Å²) in [5, 5.41) is 7.37. The van der Waals surface area contributed by atoms with Crippen molar-refractivity contribution < 1.29 is 27.5 Å². The van der Waals surface area contributed by atoms with Crippen molar-refractivity contribution in [3.8, 4) is 0 Å². The number of carbonyl (C=O) groups is 3. The number of hydrogen-bond acceptors (Lipinski definition) is 8. The lowest BCUT2D eigenvalue weighted by molar-refractivity contribution is -0.130. The second-order valence-electron chi connectivity index (χ2n) is 11.3. The van der Waals surface area contributed by atoms with Gasteiger partial charge >= 0.3 is 6.09 Å². The summed E-state index contributed by atoms with van der Waals surface area (Å²) in [5.74, 6) is -1.35. The average molecular weight is 705 g/mol. The summed E-state index contributed by atoms with van der Waals surface area (Å²) in [7, 11) is -3.91. The normalized spacial score (nSPS) is 12.9. The van der Waals surface area contributed by atoms with Gasteiger partial charge in [0.1, 0.15) is 24.5 Å². The molecule has 12 nitrogen and oxygen atoms in total. The molecule has 0 aliphatic carbocycles. The van der Waals surface area contributed by atoms with Gasteiger partial charge in [0.05, 0.1) is 17.0 Å². The van der Waals surface area contributed by atoms with Gasteiger partial charge in [-0.05, 0) is 23.1 Å². The van der Waals surface area contributed by atoms with Crippen molar-refractivity contribution in [3.05, 3.63) is 124 Å². The minimum atomic E-state index is -3.91. The maximum absolute atomic E-state index is 13.5. The number of ether oxygens (including phenoxy) is 1. The first kappa shape index (κ1) is 36.9. The van der Waals surface area contributed by atoms with Crippen LogP contribution in [0.25, 0.3) is 0 Å². The van der Waals surface area contributed by atoms with Crippen LogP contribution in [0, 0.1) is 0 Å². The Hall–Kier alpha value is -4.92. The van der Waals surface area contributed by atoms with Gasteiger partial charge in [-0.3, -0.25) is 9.59 Å². The van der Waals surface area contributed by atoms with Crippen molar-refractivity contribution in [1.29, 1.82) is 0 Å². The number of nitrogens with two attached hydrogens (primary N) is 1. The molecule has 0 radical (unpaired) electrons. The first-order chi connectivity index (χ1) is 23.6. The number of aromatic nitrogens is 1. The molecule has 3 aromatic carbocycles. The third-order valence-electron chi connectivity index (χ3n) is 7.35. The number of carbonyl (C=O) groups excluding carboxylic acids is 3. The largest absolute Gasteiger partial charge is 0.443 e. The second kappa shape index (κ2) is 18.6. The van der Waals surface area contributed by atoms with E-state index in [1.807, 2.05) is 37.3 Å². The van der Waals surface area contributed by atoms with Crippen LogP contribution in [0.4, 0.5) is 4.79 Å². The Balaban J connectivity index is 1.36. The van der Waals surface area contributed by atoms with E-state index in [0.29, 0.717) is 29.7 Å². The molecule has 0 saturated heterocycles. The van der Waals surface area contributed by atoms with Crippen molar-refractivity contribution in [1.82, 2.24) is 20.3 Å². The Bertz CT molecular complexity index is 1790. The second-order valence-corrected chi connectivity index (χ2v) is 13.7. The Kier molecular flexibility index (Phi) is 14.0. The van der Waals surface area contributed by atoms with Crippen LogP contribution in [0.2, 0.25) is 0 Å². The third-order valence-corrected chi connectivity index (χ3v) is 9.34. The van der Waals surface area contributed by atoms with Gasteiger partial charge in [0.2, 0.25) is 21.8 Å². The van der Waals surface area contributed by atoms with Crippen LogP contribution in [0.15, 0.2) is 101 Å². The van der Waals surface area contributed by atoms with Crippen molar-refractivity contribution in [2.75, 3.05) is 0 Å². The molecule has 0 aliphatic rings. The molecule has 258 valence electrons. The van der Waals surface area contributed by atoms with E-state index in [-0.39, 0.29) is 31.2 Å². The van der Waals surface area contributed by atoms with E-state index in [1.54, 1.807) is 65.5 Å². The maximum atomic E-state index is 13.5. The van der Waals surface area contributed by atoms with Crippen molar-refractivity contribution >= 4 is 45.1 Å². The minimum Gasteiger partial charge on any atom is -0.443 e. The summed E-state index contributed by atoms with van der Waals surface area (Å²) in [5.41, 5.74) is 10.8. The summed E-state index contributed by atoms with van der Waals surface area (Å²) < 4.78 is 33.8. The molecule has 5 N–H and O–H groups in total. The smallest absolute Gasteiger partial charge is 0.435 e. The molecule has 14 heteroatoms. The summed E-state index contributed by atoms with van der Waals surface area (Å²) in [6.07, 6.45) is 1.03. The van der Waals surface area contributed by atoms with Crippen LogP contribution in [0.1, 0.15) is 54.1 Å². The van der Waals surface area contributed by atoms with Crippen LogP contribution < -0.4 is 21.1 Å². The van der Waals surface area contributed by atoms with Crippen LogP contribution in [0.5, 0.6) is 0 Å². The summed E-state index contributed by atoms with van der Waals surface area (Å²) >= 11 is 1.34. The summed E-state index contributed by atoms with van der Waals surface area (Å²) in [6, 6.07) is 22.6. The predicted octanol–water partition coefficient (Wildman–Crippen LogP) is 4.21. The number of nitrogens with zero attached hydrogens (tertiary/aromatic N) is 2. The van der Waals surface area contributed by atoms with E-state index in [2.05, 4.69) is 25.3 Å². The Morgan fingerprint density at radius 1 is 0.898 bits per heavy atom. The number of hydrogen-bond donors (Lipinski definition) is 4. The number of amides is 3. The molecule has 0 unspecified atom stereocenters. The van der Waals surface area contributed by atoms with Gasteiger partial charge in [0, 0.05) is 23.9 Å². The first-order valence-electron chi connectivity index (χ1n) is 15.7. The first-order valence-corrected chi connectivity index (χ1v) is 18.3. The SMILES string of the molecule is CCCC[C@H](NC(=O)[C@@H](Cc1cscn1)NS(=O)(=O)Cc1ccccc1)C(=O)NCc1ccc(/C(N)=N/C(=O)OCc2ccccc2)cc1. The van der Waals surface area contributed by atoms with Gasteiger partial charge in [0.15, 0.2) is 0 Å². The molecule has 4 rings (SSSR count). The molecule has 0 fully saturated rings. The number of nitrogens with one attached hydrogen (secondary N) is 3. The molecule has 0 saturated carbocycles. The topological polar surface area (TPSA) is 182 Å². The van der Waals surface area contributed by atoms with Crippen LogP contribution in [0.3, 0.4) is 0 Å². The summed E-state index contributed by atoms with van der Waals surface area (Å²) in [4.78, 5) is 47.0. The van der Waals surface area contributed by atoms with Gasteiger partial charge in [-0.2, -0.15) is 4.99 Å². The van der Waals surface area contributed by atoms with E-state index in [0.717, 1.165) is 17.5 Å². The number of amidine groups is 1. The van der Waals surface area contributed by atoms with E-state index in [9.17, 15) is 22.8 Å². The Morgan fingerprint density at radius 2 is 1.57 bits per heavy atom. The van der Waals surface area contributed by atoms with Crippen molar-refractivity contribution in [2.24, 2.45) is 10.7 Å². The third kappa shape index (κ3) is 12.6. The Morgan fingerprint density at radius 3 is 2.20 bits per heavy atom. The number of sulfonamides is 1. The monoisotopic (exact) mass is 704 g/mol. The van der Waals surface area contributed by atoms with Crippen molar-refractivity contribution in [2.45, 2.75) is 63.6 Å². The van der Waals surface area contributed by atoms with E-state index >= 15 is 0 Å². The highest BCUT2D eigenvalue weighted by atomic mass is 32.2. The van der Waals surface area contributed by atoms with Gasteiger partial charge in [-0.1, -0.05) is 105 Å². The zero-order valence-corrected chi connectivity index (χ0v) is 28.7. The van der Waals surface area contributed by atoms with Crippen LogP contribution in [-0.4, -0.2) is 49.2 Å². The Labute approximate surface area is 290 Å². The molecule has 0 aliphatic heterocycles. The fourth-order valence-corrected chi connectivity index (χ4v) is 6.67. The standard InChI is InChI=1S/C35H40N6O6S2/c1-2-3-14-30(39-34(43)31(19-29-22-48-24-38-29)41-49(45,46)23-27-12-8-5-9-13-27)33(42)37-20-25-15-17-28(18-16-25)32(36)40-35(44)47-21-26-10-6-4-7-11-26/h4-13,15-18,22,24,30-31,41H,2-3,14,19-21,23H2,1H3,(H,37,42)(H,39,43)(H2,36,40,44)/t30-,31+/m0/s1. The fraction of sp³-hybridized carbons (Fsp3) is 0.286. The molecular formula is C35H40N6O6S2. The molecule has 1 aromatic heterocycles. The zero-order chi connectivity index (χ0) is 35.1. The lowest BCUT2D eigenvalue weighted by Gasteiger charge is -2.23. The van der Waals surface area contributed by atoms with Crippen molar-refractivity contribution in [3.63, 3.8) is 0 Å². The maximum Gasteiger partial charge on any atom is 0.435 e. The van der Waals surface area contributed by atoms with E-state index in [4.69, 9.17) is 10.5 Å². The van der Waals surface area contributed by atoms with Gasteiger partial charge < -0.3 is 21.1 Å².